The molecule has 6 heteroatoms. The molecule has 0 spiro atoms. The molecular formula is C21H24FNO4. The second kappa shape index (κ2) is 8.97. The number of benzene rings is 2. The van der Waals surface area contributed by atoms with E-state index < -0.39 is 12.1 Å². The molecule has 1 atom stereocenters. The summed E-state index contributed by atoms with van der Waals surface area (Å²) in [7, 11) is 1.33. The fourth-order valence-electron chi connectivity index (χ4n) is 2.95. The Hall–Kier alpha value is -2.44. The molecule has 1 saturated carbocycles. The molecule has 1 aliphatic carbocycles. The minimum absolute atomic E-state index is 0.123. The van der Waals surface area contributed by atoms with Gasteiger partial charge >= 0.3 is 5.97 Å². The minimum atomic E-state index is -0.697. The Morgan fingerprint density at radius 1 is 1.22 bits per heavy atom. The second-order valence-corrected chi connectivity index (χ2v) is 6.73. The van der Waals surface area contributed by atoms with E-state index in [2.05, 4.69) is 9.64 Å². The van der Waals surface area contributed by atoms with Crippen LogP contribution in [0.15, 0.2) is 48.5 Å². The van der Waals surface area contributed by atoms with Crippen LogP contribution in [0.1, 0.15) is 28.8 Å². The number of halogens is 1. The van der Waals surface area contributed by atoms with Gasteiger partial charge in [0.25, 0.3) is 0 Å². The van der Waals surface area contributed by atoms with Gasteiger partial charge in [0.15, 0.2) is 0 Å². The zero-order chi connectivity index (χ0) is 19.2. The quantitative estimate of drug-likeness (QED) is 0.685. The van der Waals surface area contributed by atoms with E-state index in [4.69, 9.17) is 4.74 Å². The fourth-order valence-corrected chi connectivity index (χ4v) is 2.95. The molecule has 144 valence electrons. The predicted octanol–water partition coefficient (Wildman–Crippen LogP) is 3.02. The molecule has 0 unspecified atom stereocenters. The molecule has 0 bridgehead atoms. The summed E-state index contributed by atoms with van der Waals surface area (Å²) < 4.78 is 24.2. The maximum absolute atomic E-state index is 13.9. The first-order chi connectivity index (χ1) is 13.1. The Balaban J connectivity index is 1.52. The van der Waals surface area contributed by atoms with Crippen molar-refractivity contribution in [1.29, 1.82) is 0 Å². The molecule has 1 N–H and O–H groups in total. The third-order valence-electron chi connectivity index (χ3n) is 4.56. The van der Waals surface area contributed by atoms with Crippen molar-refractivity contribution in [2.75, 3.05) is 20.3 Å². The van der Waals surface area contributed by atoms with Gasteiger partial charge in [-0.05, 0) is 43.2 Å². The topological polar surface area (TPSA) is 59.0 Å². The number of rotatable bonds is 9. The van der Waals surface area contributed by atoms with Crippen LogP contribution >= 0.6 is 0 Å². The summed E-state index contributed by atoms with van der Waals surface area (Å²) in [6.45, 7) is 1.01. The number of hydrogen-bond acceptors (Lipinski definition) is 5. The molecule has 2 aromatic rings. The van der Waals surface area contributed by atoms with Crippen molar-refractivity contribution >= 4 is 5.97 Å². The van der Waals surface area contributed by atoms with E-state index in [0.29, 0.717) is 36.0 Å². The number of aliphatic hydroxyl groups excluding tert-OH is 1. The number of esters is 1. The normalized spacial score (nSPS) is 14.8. The van der Waals surface area contributed by atoms with E-state index in [1.165, 1.54) is 13.2 Å². The van der Waals surface area contributed by atoms with Crippen LogP contribution in [0.3, 0.4) is 0 Å². The number of carbonyl (C=O) groups excluding carboxylic acids is 1. The van der Waals surface area contributed by atoms with Gasteiger partial charge < -0.3 is 14.6 Å². The van der Waals surface area contributed by atoms with Gasteiger partial charge in [-0.15, -0.1) is 0 Å². The van der Waals surface area contributed by atoms with Gasteiger partial charge in [-0.3, -0.25) is 4.90 Å². The third-order valence-corrected chi connectivity index (χ3v) is 4.56. The van der Waals surface area contributed by atoms with E-state index in [0.717, 1.165) is 12.8 Å². The lowest BCUT2D eigenvalue weighted by Gasteiger charge is -2.25. The van der Waals surface area contributed by atoms with Crippen LogP contribution in [0.4, 0.5) is 4.39 Å². The lowest BCUT2D eigenvalue weighted by Crippen LogP contribution is -2.37. The smallest absolute Gasteiger partial charge is 0.337 e. The predicted molar refractivity (Wildman–Crippen MR) is 99.1 cm³/mol. The average molecular weight is 373 g/mol. The maximum atomic E-state index is 13.9. The average Bonchev–Trinajstić information content (AvgIpc) is 3.52. The van der Waals surface area contributed by atoms with Gasteiger partial charge in [-0.25, -0.2) is 9.18 Å². The van der Waals surface area contributed by atoms with Crippen LogP contribution in [-0.2, 0) is 11.3 Å². The minimum Gasteiger partial charge on any atom is -0.491 e. The zero-order valence-corrected chi connectivity index (χ0v) is 15.3. The summed E-state index contributed by atoms with van der Waals surface area (Å²) in [5.41, 5.74) is 1.08. The van der Waals surface area contributed by atoms with Crippen LogP contribution in [0, 0.1) is 5.82 Å². The molecule has 2 aromatic carbocycles. The molecule has 0 heterocycles. The van der Waals surface area contributed by atoms with E-state index in [9.17, 15) is 14.3 Å². The molecule has 0 aromatic heterocycles. The molecule has 0 aliphatic heterocycles. The van der Waals surface area contributed by atoms with E-state index in [1.807, 2.05) is 6.07 Å². The van der Waals surface area contributed by atoms with Crippen LogP contribution in [-0.4, -0.2) is 48.4 Å². The van der Waals surface area contributed by atoms with E-state index >= 15 is 0 Å². The molecule has 0 radical (unpaired) electrons. The number of methoxy groups -OCH3 is 1. The van der Waals surface area contributed by atoms with Crippen molar-refractivity contribution in [3.63, 3.8) is 0 Å². The van der Waals surface area contributed by atoms with Crippen molar-refractivity contribution in [3.05, 3.63) is 65.5 Å². The Morgan fingerprint density at radius 3 is 2.56 bits per heavy atom. The summed E-state index contributed by atoms with van der Waals surface area (Å²) in [4.78, 5) is 13.5. The summed E-state index contributed by atoms with van der Waals surface area (Å²) in [5.74, 6) is -0.0665. The van der Waals surface area contributed by atoms with Crippen molar-refractivity contribution in [2.45, 2.75) is 31.5 Å². The lowest BCUT2D eigenvalue weighted by atomic mass is 10.2. The summed E-state index contributed by atoms with van der Waals surface area (Å²) in [6, 6.07) is 13.7. The molecular weight excluding hydrogens is 349 g/mol. The number of carbonyl (C=O) groups is 1. The number of aliphatic hydroxyl groups is 1. The molecule has 1 fully saturated rings. The highest BCUT2D eigenvalue weighted by atomic mass is 19.1. The molecule has 27 heavy (non-hydrogen) atoms. The first-order valence-electron chi connectivity index (χ1n) is 9.03. The monoisotopic (exact) mass is 373 g/mol. The Bertz CT molecular complexity index is 761. The molecule has 5 nitrogen and oxygen atoms in total. The van der Waals surface area contributed by atoms with Gasteiger partial charge in [-0.2, -0.15) is 0 Å². The number of nitrogens with zero attached hydrogens (tertiary/aromatic N) is 1. The summed E-state index contributed by atoms with van der Waals surface area (Å²) in [6.07, 6.45) is 1.44. The van der Waals surface area contributed by atoms with Gasteiger partial charge in [0, 0.05) is 24.7 Å². The number of ether oxygens (including phenoxy) is 2. The van der Waals surface area contributed by atoms with Crippen molar-refractivity contribution in [2.24, 2.45) is 0 Å². The largest absolute Gasteiger partial charge is 0.491 e. The standard InChI is InChI=1S/C21H24FNO4/c1-26-21(25)15-6-10-19(11-7-15)27-14-18(24)13-23(17-8-9-17)12-16-4-2-3-5-20(16)22/h2-7,10-11,17-18,24H,8-9,12-14H2,1H3/t18-/m1/s1. The van der Waals surface area contributed by atoms with Crippen LogP contribution < -0.4 is 4.74 Å². The zero-order valence-electron chi connectivity index (χ0n) is 15.3. The second-order valence-electron chi connectivity index (χ2n) is 6.73. The fraction of sp³-hybridized carbons (Fsp3) is 0.381. The van der Waals surface area contributed by atoms with Crippen LogP contribution in [0.25, 0.3) is 0 Å². The van der Waals surface area contributed by atoms with Gasteiger partial charge in [0.05, 0.1) is 12.7 Å². The van der Waals surface area contributed by atoms with Crippen LogP contribution in [0.5, 0.6) is 5.75 Å². The van der Waals surface area contributed by atoms with Crippen molar-refractivity contribution in [3.8, 4) is 5.75 Å². The van der Waals surface area contributed by atoms with E-state index in [-0.39, 0.29) is 12.4 Å². The van der Waals surface area contributed by atoms with Crippen LogP contribution in [0.2, 0.25) is 0 Å². The Kier molecular flexibility index (Phi) is 6.42. The maximum Gasteiger partial charge on any atom is 0.337 e. The van der Waals surface area contributed by atoms with Crippen molar-refractivity contribution < 1.29 is 23.8 Å². The van der Waals surface area contributed by atoms with Gasteiger partial charge in [0.1, 0.15) is 24.3 Å². The van der Waals surface area contributed by atoms with E-state index in [1.54, 1.807) is 36.4 Å². The molecule has 0 amide bonds. The molecule has 1 aliphatic rings. The molecule has 0 saturated heterocycles. The van der Waals surface area contributed by atoms with Crippen molar-refractivity contribution in [1.82, 2.24) is 4.90 Å². The number of hydrogen-bond donors (Lipinski definition) is 1. The first kappa shape index (κ1) is 19.3. The highest BCUT2D eigenvalue weighted by molar-refractivity contribution is 5.89. The lowest BCUT2D eigenvalue weighted by molar-refractivity contribution is 0.0596. The Labute approximate surface area is 158 Å². The third kappa shape index (κ3) is 5.52. The summed E-state index contributed by atoms with van der Waals surface area (Å²) in [5, 5.41) is 10.4. The SMILES string of the molecule is COC(=O)c1ccc(OC[C@H](O)CN(Cc2ccccc2F)C2CC2)cc1. The summed E-state index contributed by atoms with van der Waals surface area (Å²) >= 11 is 0. The highest BCUT2D eigenvalue weighted by Gasteiger charge is 2.30. The first-order valence-corrected chi connectivity index (χ1v) is 9.03. The highest BCUT2D eigenvalue weighted by Crippen LogP contribution is 2.29. The van der Waals surface area contributed by atoms with Gasteiger partial charge in [0.2, 0.25) is 0 Å². The van der Waals surface area contributed by atoms with Gasteiger partial charge in [-0.1, -0.05) is 18.2 Å². The molecule has 3 rings (SSSR count). The Morgan fingerprint density at radius 2 is 1.93 bits per heavy atom.